The van der Waals surface area contributed by atoms with Crippen LogP contribution in [0.15, 0.2) is 22.8 Å². The van der Waals surface area contributed by atoms with E-state index in [4.69, 9.17) is 0 Å². The monoisotopic (exact) mass is 282 g/mol. The van der Waals surface area contributed by atoms with Crippen LogP contribution in [-0.2, 0) is 0 Å². The predicted molar refractivity (Wildman–Crippen MR) is 66.2 cm³/mol. The van der Waals surface area contributed by atoms with Gasteiger partial charge in [-0.1, -0.05) is 13.0 Å². The molecule has 1 aromatic heterocycles. The first kappa shape index (κ1) is 11.6. The van der Waals surface area contributed by atoms with Crippen molar-refractivity contribution < 1.29 is 4.79 Å². The number of carbonyl (C=O) groups is 1. The van der Waals surface area contributed by atoms with Crippen molar-refractivity contribution >= 4 is 21.8 Å². The molecule has 2 rings (SSSR count). The summed E-state index contributed by atoms with van der Waals surface area (Å²) >= 11 is 3.26. The highest BCUT2D eigenvalue weighted by Gasteiger charge is 2.23. The zero-order chi connectivity index (χ0) is 11.5. The normalized spacial score (nSPS) is 24.4. The molecule has 4 heteroatoms. The maximum absolute atomic E-state index is 11.9. The van der Waals surface area contributed by atoms with Gasteiger partial charge in [0.2, 0.25) is 0 Å². The summed E-state index contributed by atoms with van der Waals surface area (Å²) in [6, 6.07) is 5.69. The number of nitrogens with one attached hydrogen (secondary N) is 1. The largest absolute Gasteiger partial charge is 0.348 e. The fraction of sp³-hybridized carbons (Fsp3) is 0.500. The Labute approximate surface area is 104 Å². The van der Waals surface area contributed by atoms with E-state index in [-0.39, 0.29) is 5.91 Å². The number of hydrogen-bond acceptors (Lipinski definition) is 2. The van der Waals surface area contributed by atoms with Gasteiger partial charge in [-0.2, -0.15) is 0 Å². The van der Waals surface area contributed by atoms with Gasteiger partial charge in [0.15, 0.2) is 0 Å². The fourth-order valence-electron chi connectivity index (χ4n) is 2.13. The van der Waals surface area contributed by atoms with Gasteiger partial charge in [-0.15, -0.1) is 0 Å². The van der Waals surface area contributed by atoms with Crippen molar-refractivity contribution in [1.29, 1.82) is 0 Å². The lowest BCUT2D eigenvalue weighted by atomic mass is 10.1. The van der Waals surface area contributed by atoms with Crippen molar-refractivity contribution in [2.24, 2.45) is 5.92 Å². The molecular weight excluding hydrogens is 268 g/mol. The highest BCUT2D eigenvalue weighted by Crippen LogP contribution is 2.24. The van der Waals surface area contributed by atoms with Crippen LogP contribution >= 0.6 is 15.9 Å². The molecule has 2 atom stereocenters. The Morgan fingerprint density at radius 2 is 2.31 bits per heavy atom. The van der Waals surface area contributed by atoms with Crippen LogP contribution in [0.25, 0.3) is 0 Å². The maximum atomic E-state index is 11.9. The SMILES string of the molecule is CC1CCC(NC(=O)c2cccc(Br)n2)C1. The molecule has 1 aliphatic rings. The molecule has 16 heavy (non-hydrogen) atoms. The standard InChI is InChI=1S/C12H15BrN2O/c1-8-5-6-9(7-8)14-12(16)10-3-2-4-11(13)15-10/h2-4,8-9H,5-7H2,1H3,(H,14,16). The summed E-state index contributed by atoms with van der Waals surface area (Å²) in [4.78, 5) is 16.0. The summed E-state index contributed by atoms with van der Waals surface area (Å²) in [5.74, 6) is 0.654. The summed E-state index contributed by atoms with van der Waals surface area (Å²) in [7, 11) is 0. The van der Waals surface area contributed by atoms with Crippen molar-refractivity contribution in [3.05, 3.63) is 28.5 Å². The van der Waals surface area contributed by atoms with Crippen LogP contribution in [-0.4, -0.2) is 16.9 Å². The summed E-state index contributed by atoms with van der Waals surface area (Å²) < 4.78 is 0.694. The molecule has 0 saturated heterocycles. The number of pyridine rings is 1. The number of nitrogens with zero attached hydrogens (tertiary/aromatic N) is 1. The minimum atomic E-state index is -0.0691. The molecule has 0 bridgehead atoms. The van der Waals surface area contributed by atoms with E-state index in [1.54, 1.807) is 6.07 Å². The van der Waals surface area contributed by atoms with Gasteiger partial charge in [0.1, 0.15) is 10.3 Å². The van der Waals surface area contributed by atoms with Crippen LogP contribution in [0.3, 0.4) is 0 Å². The van der Waals surface area contributed by atoms with E-state index in [2.05, 4.69) is 33.2 Å². The molecule has 1 saturated carbocycles. The summed E-state index contributed by atoms with van der Waals surface area (Å²) in [6.45, 7) is 2.23. The van der Waals surface area contributed by atoms with Crippen molar-refractivity contribution in [1.82, 2.24) is 10.3 Å². The van der Waals surface area contributed by atoms with E-state index in [1.165, 1.54) is 6.42 Å². The van der Waals surface area contributed by atoms with E-state index in [9.17, 15) is 4.79 Å². The quantitative estimate of drug-likeness (QED) is 0.848. The van der Waals surface area contributed by atoms with Gasteiger partial charge in [-0.05, 0) is 53.2 Å². The molecule has 86 valence electrons. The summed E-state index contributed by atoms with van der Waals surface area (Å²) in [5.41, 5.74) is 0.480. The summed E-state index contributed by atoms with van der Waals surface area (Å²) in [6.07, 6.45) is 3.37. The Hall–Kier alpha value is -0.900. The third kappa shape index (κ3) is 2.82. The molecule has 1 aromatic rings. The average molecular weight is 283 g/mol. The first-order chi connectivity index (χ1) is 7.65. The van der Waals surface area contributed by atoms with Crippen LogP contribution in [0.1, 0.15) is 36.7 Å². The minimum Gasteiger partial charge on any atom is -0.348 e. The Morgan fingerprint density at radius 1 is 1.50 bits per heavy atom. The van der Waals surface area contributed by atoms with Crippen molar-refractivity contribution in [2.45, 2.75) is 32.2 Å². The molecule has 1 amide bonds. The molecule has 1 aliphatic carbocycles. The van der Waals surface area contributed by atoms with Crippen LogP contribution in [0.4, 0.5) is 0 Å². The number of hydrogen-bond donors (Lipinski definition) is 1. The molecule has 0 spiro atoms. The van der Waals surface area contributed by atoms with Gasteiger partial charge in [0.05, 0.1) is 0 Å². The lowest BCUT2D eigenvalue weighted by Crippen LogP contribution is -2.33. The number of carbonyl (C=O) groups excluding carboxylic acids is 1. The average Bonchev–Trinajstić information content (AvgIpc) is 2.64. The summed E-state index contributed by atoms with van der Waals surface area (Å²) in [5, 5.41) is 3.03. The Morgan fingerprint density at radius 3 is 2.94 bits per heavy atom. The van der Waals surface area contributed by atoms with Crippen molar-refractivity contribution in [2.75, 3.05) is 0 Å². The number of aromatic nitrogens is 1. The van der Waals surface area contributed by atoms with Crippen molar-refractivity contribution in [3.8, 4) is 0 Å². The Kier molecular flexibility index (Phi) is 3.59. The fourth-order valence-corrected chi connectivity index (χ4v) is 2.48. The smallest absolute Gasteiger partial charge is 0.270 e. The van der Waals surface area contributed by atoms with Gasteiger partial charge in [0, 0.05) is 6.04 Å². The van der Waals surface area contributed by atoms with Gasteiger partial charge >= 0.3 is 0 Å². The molecule has 3 nitrogen and oxygen atoms in total. The van der Waals surface area contributed by atoms with Gasteiger partial charge in [-0.3, -0.25) is 4.79 Å². The zero-order valence-corrected chi connectivity index (χ0v) is 10.8. The topological polar surface area (TPSA) is 42.0 Å². The number of amides is 1. The third-order valence-electron chi connectivity index (χ3n) is 2.98. The number of halogens is 1. The van der Waals surface area contributed by atoms with Gasteiger partial charge in [-0.25, -0.2) is 4.98 Å². The first-order valence-corrected chi connectivity index (χ1v) is 6.38. The minimum absolute atomic E-state index is 0.0691. The molecule has 0 radical (unpaired) electrons. The second-order valence-electron chi connectivity index (χ2n) is 4.43. The number of rotatable bonds is 2. The molecule has 0 aliphatic heterocycles. The molecular formula is C12H15BrN2O. The molecule has 2 unspecified atom stereocenters. The van der Waals surface area contributed by atoms with E-state index < -0.39 is 0 Å². The third-order valence-corrected chi connectivity index (χ3v) is 3.42. The van der Waals surface area contributed by atoms with Crippen LogP contribution in [0, 0.1) is 5.92 Å². The Bertz CT molecular complexity index is 394. The van der Waals surface area contributed by atoms with Crippen LogP contribution in [0.5, 0.6) is 0 Å². The van der Waals surface area contributed by atoms with E-state index in [0.29, 0.717) is 16.3 Å². The van der Waals surface area contributed by atoms with E-state index >= 15 is 0 Å². The van der Waals surface area contributed by atoms with Crippen LogP contribution < -0.4 is 5.32 Å². The lowest BCUT2D eigenvalue weighted by molar-refractivity contribution is 0.0932. The first-order valence-electron chi connectivity index (χ1n) is 5.58. The second-order valence-corrected chi connectivity index (χ2v) is 5.25. The second kappa shape index (κ2) is 4.95. The Balaban J connectivity index is 1.98. The highest BCUT2D eigenvalue weighted by atomic mass is 79.9. The molecule has 1 heterocycles. The van der Waals surface area contributed by atoms with Crippen LogP contribution in [0.2, 0.25) is 0 Å². The molecule has 1 fully saturated rings. The predicted octanol–water partition coefficient (Wildman–Crippen LogP) is 2.76. The zero-order valence-electron chi connectivity index (χ0n) is 9.24. The lowest BCUT2D eigenvalue weighted by Gasteiger charge is -2.11. The van der Waals surface area contributed by atoms with Gasteiger partial charge < -0.3 is 5.32 Å². The highest BCUT2D eigenvalue weighted by molar-refractivity contribution is 9.10. The van der Waals surface area contributed by atoms with E-state index in [1.807, 2.05) is 12.1 Å². The van der Waals surface area contributed by atoms with Crippen molar-refractivity contribution in [3.63, 3.8) is 0 Å². The molecule has 1 N–H and O–H groups in total. The molecule has 0 aromatic carbocycles. The van der Waals surface area contributed by atoms with Gasteiger partial charge in [0.25, 0.3) is 5.91 Å². The van der Waals surface area contributed by atoms with E-state index in [0.717, 1.165) is 18.8 Å². The maximum Gasteiger partial charge on any atom is 0.270 e.